The number of hydrogen-bond donors (Lipinski definition) is 1. The minimum Gasteiger partial charge on any atom is -0.486 e. The molecule has 0 radical (unpaired) electrons. The molecule has 2 atom stereocenters. The van der Waals surface area contributed by atoms with Crippen LogP contribution in [0.1, 0.15) is 31.4 Å². The van der Waals surface area contributed by atoms with Crippen LogP contribution in [0.5, 0.6) is 11.5 Å². The van der Waals surface area contributed by atoms with Crippen LogP contribution in [-0.4, -0.2) is 33.0 Å². The molecule has 2 unspecified atom stereocenters. The van der Waals surface area contributed by atoms with Crippen molar-refractivity contribution in [3.05, 3.63) is 23.8 Å². The molecule has 0 aromatic heterocycles. The average Bonchev–Trinajstić information content (AvgIpc) is 3.02. The standard InChI is InChI=1S/C16H23NO3/c1-2-6-17-16(13-5-7-18-11-13)12-3-4-14-15(10-12)20-9-8-19-14/h3-4,10,13,16-17H,2,5-9,11H2,1H3. The van der Waals surface area contributed by atoms with Crippen LogP contribution in [0.4, 0.5) is 0 Å². The largest absolute Gasteiger partial charge is 0.486 e. The summed E-state index contributed by atoms with van der Waals surface area (Å²) in [5.41, 5.74) is 1.28. The van der Waals surface area contributed by atoms with E-state index < -0.39 is 0 Å². The van der Waals surface area contributed by atoms with E-state index in [9.17, 15) is 0 Å². The van der Waals surface area contributed by atoms with Crippen LogP contribution in [0, 0.1) is 5.92 Å². The SMILES string of the molecule is CCCNC(c1ccc2c(c1)OCCO2)C1CCOC1. The molecular formula is C16H23NO3. The van der Waals surface area contributed by atoms with Crippen molar-refractivity contribution in [3.63, 3.8) is 0 Å². The van der Waals surface area contributed by atoms with E-state index in [0.29, 0.717) is 25.2 Å². The zero-order valence-corrected chi connectivity index (χ0v) is 12.1. The van der Waals surface area contributed by atoms with E-state index in [4.69, 9.17) is 14.2 Å². The maximum atomic E-state index is 5.70. The van der Waals surface area contributed by atoms with Gasteiger partial charge < -0.3 is 19.5 Å². The Balaban J connectivity index is 1.81. The molecule has 0 amide bonds. The van der Waals surface area contributed by atoms with Crippen LogP contribution in [0.3, 0.4) is 0 Å². The van der Waals surface area contributed by atoms with Gasteiger partial charge in [-0.05, 0) is 37.1 Å². The second-order valence-corrected chi connectivity index (χ2v) is 5.46. The smallest absolute Gasteiger partial charge is 0.161 e. The molecule has 0 aliphatic carbocycles. The van der Waals surface area contributed by atoms with Crippen molar-refractivity contribution in [2.75, 3.05) is 33.0 Å². The first kappa shape index (κ1) is 13.7. The number of nitrogens with one attached hydrogen (secondary N) is 1. The highest BCUT2D eigenvalue weighted by atomic mass is 16.6. The fraction of sp³-hybridized carbons (Fsp3) is 0.625. The lowest BCUT2D eigenvalue weighted by Gasteiger charge is -2.26. The first-order chi connectivity index (χ1) is 9.88. The molecule has 1 saturated heterocycles. The summed E-state index contributed by atoms with van der Waals surface area (Å²) in [5, 5.41) is 3.66. The monoisotopic (exact) mass is 277 g/mol. The summed E-state index contributed by atoms with van der Waals surface area (Å²) in [6.45, 7) is 6.21. The topological polar surface area (TPSA) is 39.7 Å². The molecule has 1 fully saturated rings. The van der Waals surface area contributed by atoms with E-state index in [1.54, 1.807) is 0 Å². The van der Waals surface area contributed by atoms with Gasteiger partial charge in [0.2, 0.25) is 0 Å². The van der Waals surface area contributed by atoms with Gasteiger partial charge in [-0.3, -0.25) is 0 Å². The summed E-state index contributed by atoms with van der Waals surface area (Å²) in [7, 11) is 0. The lowest BCUT2D eigenvalue weighted by molar-refractivity contribution is 0.169. The van der Waals surface area contributed by atoms with E-state index in [1.807, 2.05) is 6.07 Å². The fourth-order valence-corrected chi connectivity index (χ4v) is 2.93. The van der Waals surface area contributed by atoms with Crippen LogP contribution in [-0.2, 0) is 4.74 Å². The predicted octanol–water partition coefficient (Wildman–Crippen LogP) is 2.54. The first-order valence-electron chi connectivity index (χ1n) is 7.59. The molecule has 20 heavy (non-hydrogen) atoms. The van der Waals surface area contributed by atoms with Gasteiger partial charge in [0.05, 0.1) is 6.61 Å². The van der Waals surface area contributed by atoms with Crippen LogP contribution < -0.4 is 14.8 Å². The van der Waals surface area contributed by atoms with Gasteiger partial charge in [0.25, 0.3) is 0 Å². The Morgan fingerprint density at radius 2 is 2.05 bits per heavy atom. The third kappa shape index (κ3) is 2.91. The van der Waals surface area contributed by atoms with Crippen molar-refractivity contribution in [2.24, 2.45) is 5.92 Å². The van der Waals surface area contributed by atoms with Gasteiger partial charge in [0.15, 0.2) is 11.5 Å². The average molecular weight is 277 g/mol. The van der Waals surface area contributed by atoms with Gasteiger partial charge in [-0.25, -0.2) is 0 Å². The van der Waals surface area contributed by atoms with Crippen LogP contribution in [0.15, 0.2) is 18.2 Å². The number of benzene rings is 1. The summed E-state index contributed by atoms with van der Waals surface area (Å²) in [6, 6.07) is 6.65. The molecule has 1 N–H and O–H groups in total. The van der Waals surface area contributed by atoms with Crippen molar-refractivity contribution >= 4 is 0 Å². The lowest BCUT2D eigenvalue weighted by Crippen LogP contribution is -2.29. The van der Waals surface area contributed by atoms with Crippen LogP contribution >= 0.6 is 0 Å². The number of rotatable bonds is 5. The summed E-state index contributed by atoms with van der Waals surface area (Å²) in [5.74, 6) is 2.27. The van der Waals surface area contributed by atoms with Crippen molar-refractivity contribution in [2.45, 2.75) is 25.8 Å². The van der Waals surface area contributed by atoms with Gasteiger partial charge in [0, 0.05) is 18.6 Å². The van der Waals surface area contributed by atoms with Crippen molar-refractivity contribution in [3.8, 4) is 11.5 Å². The molecule has 1 aromatic carbocycles. The molecule has 2 aliphatic heterocycles. The number of ether oxygens (including phenoxy) is 3. The van der Waals surface area contributed by atoms with Crippen molar-refractivity contribution < 1.29 is 14.2 Å². The zero-order valence-electron chi connectivity index (χ0n) is 12.1. The van der Waals surface area contributed by atoms with Gasteiger partial charge in [-0.1, -0.05) is 13.0 Å². The number of fused-ring (bicyclic) bond motifs is 1. The molecule has 4 nitrogen and oxygen atoms in total. The molecule has 0 bridgehead atoms. The van der Waals surface area contributed by atoms with Crippen molar-refractivity contribution in [1.82, 2.24) is 5.32 Å². The van der Waals surface area contributed by atoms with E-state index in [2.05, 4.69) is 24.4 Å². The van der Waals surface area contributed by atoms with Crippen LogP contribution in [0.2, 0.25) is 0 Å². The molecule has 1 aromatic rings. The summed E-state index contributed by atoms with van der Waals surface area (Å²) in [4.78, 5) is 0. The molecule has 4 heteroatoms. The maximum absolute atomic E-state index is 5.70. The highest BCUT2D eigenvalue weighted by molar-refractivity contribution is 5.44. The van der Waals surface area contributed by atoms with E-state index in [0.717, 1.165) is 44.1 Å². The Morgan fingerprint density at radius 3 is 2.80 bits per heavy atom. The minimum absolute atomic E-state index is 0.341. The summed E-state index contributed by atoms with van der Waals surface area (Å²) >= 11 is 0. The van der Waals surface area contributed by atoms with E-state index >= 15 is 0 Å². The third-order valence-electron chi connectivity index (χ3n) is 3.98. The second-order valence-electron chi connectivity index (χ2n) is 5.46. The molecule has 3 rings (SSSR count). The van der Waals surface area contributed by atoms with E-state index in [-0.39, 0.29) is 0 Å². The fourth-order valence-electron chi connectivity index (χ4n) is 2.93. The highest BCUT2D eigenvalue weighted by Gasteiger charge is 2.27. The second kappa shape index (κ2) is 6.46. The molecule has 0 spiro atoms. The zero-order chi connectivity index (χ0) is 13.8. The Hall–Kier alpha value is -1.26. The Kier molecular flexibility index (Phi) is 4.43. The lowest BCUT2D eigenvalue weighted by atomic mass is 9.92. The third-order valence-corrected chi connectivity index (χ3v) is 3.98. The normalized spacial score (nSPS) is 22.8. The van der Waals surface area contributed by atoms with E-state index in [1.165, 1.54) is 5.56 Å². The van der Waals surface area contributed by atoms with Crippen LogP contribution in [0.25, 0.3) is 0 Å². The molecular weight excluding hydrogens is 254 g/mol. The van der Waals surface area contributed by atoms with Gasteiger partial charge >= 0.3 is 0 Å². The Morgan fingerprint density at radius 1 is 1.20 bits per heavy atom. The number of hydrogen-bond acceptors (Lipinski definition) is 4. The molecule has 2 heterocycles. The minimum atomic E-state index is 0.341. The summed E-state index contributed by atoms with van der Waals surface area (Å²) in [6.07, 6.45) is 2.25. The van der Waals surface area contributed by atoms with Crippen molar-refractivity contribution in [1.29, 1.82) is 0 Å². The first-order valence-corrected chi connectivity index (χ1v) is 7.59. The van der Waals surface area contributed by atoms with Gasteiger partial charge in [0.1, 0.15) is 13.2 Å². The van der Waals surface area contributed by atoms with Gasteiger partial charge in [-0.15, -0.1) is 0 Å². The molecule has 110 valence electrons. The predicted molar refractivity (Wildman–Crippen MR) is 77.4 cm³/mol. The quantitative estimate of drug-likeness (QED) is 0.898. The highest BCUT2D eigenvalue weighted by Crippen LogP contribution is 2.36. The summed E-state index contributed by atoms with van der Waals surface area (Å²) < 4.78 is 16.8. The molecule has 0 saturated carbocycles. The Labute approximate surface area is 120 Å². The van der Waals surface area contributed by atoms with Gasteiger partial charge in [-0.2, -0.15) is 0 Å². The maximum Gasteiger partial charge on any atom is 0.161 e. The molecule has 2 aliphatic rings. The Bertz CT molecular complexity index is 443.